The highest BCUT2D eigenvalue weighted by atomic mass is 35.5. The van der Waals surface area contributed by atoms with Crippen LogP contribution in [0.5, 0.6) is 11.5 Å². The third kappa shape index (κ3) is 6.73. The van der Waals surface area contributed by atoms with E-state index in [1.165, 1.54) is 15.8 Å². The number of ether oxygens (including phenoxy) is 2. The molecule has 1 saturated heterocycles. The molecule has 10 heteroatoms. The summed E-state index contributed by atoms with van der Waals surface area (Å²) in [5.74, 6) is 1.21. The first-order valence-corrected chi connectivity index (χ1v) is 14.2. The number of nitrogens with zero attached hydrogens (tertiary/aromatic N) is 2. The minimum absolute atomic E-state index is 0. The van der Waals surface area contributed by atoms with Crippen molar-refractivity contribution in [3.8, 4) is 11.5 Å². The first kappa shape index (κ1) is 27.4. The fourth-order valence-electron chi connectivity index (χ4n) is 4.32. The predicted octanol–water partition coefficient (Wildman–Crippen LogP) is 4.99. The van der Waals surface area contributed by atoms with Crippen LogP contribution >= 0.6 is 23.7 Å². The van der Waals surface area contributed by atoms with Gasteiger partial charge in [-0.15, -0.1) is 23.7 Å². The first-order valence-electron chi connectivity index (χ1n) is 11.7. The van der Waals surface area contributed by atoms with Crippen LogP contribution in [0.1, 0.15) is 18.9 Å². The van der Waals surface area contributed by atoms with Gasteiger partial charge in [-0.3, -0.25) is 9.62 Å². The van der Waals surface area contributed by atoms with Gasteiger partial charge in [0, 0.05) is 54.6 Å². The normalized spacial score (nSPS) is 14.5. The van der Waals surface area contributed by atoms with Crippen LogP contribution < -0.4 is 19.1 Å². The molecular formula is C25H34ClN3O4S2. The van der Waals surface area contributed by atoms with Crippen LogP contribution in [0, 0.1) is 6.92 Å². The maximum absolute atomic E-state index is 11.9. The summed E-state index contributed by atoms with van der Waals surface area (Å²) in [7, 11) is -1.78. The van der Waals surface area contributed by atoms with Crippen molar-refractivity contribution in [2.45, 2.75) is 20.3 Å². The van der Waals surface area contributed by atoms with Crippen molar-refractivity contribution in [3.63, 3.8) is 0 Å². The predicted molar refractivity (Wildman–Crippen MR) is 149 cm³/mol. The molecule has 1 N–H and O–H groups in total. The number of sulfonamides is 1. The fourth-order valence-corrected chi connectivity index (χ4v) is 5.75. The van der Waals surface area contributed by atoms with E-state index in [4.69, 9.17) is 9.47 Å². The lowest BCUT2D eigenvalue weighted by Gasteiger charge is -2.36. The lowest BCUT2D eigenvalue weighted by Crippen LogP contribution is -2.46. The summed E-state index contributed by atoms with van der Waals surface area (Å²) < 4.78 is 39.2. The van der Waals surface area contributed by atoms with Crippen LogP contribution in [-0.4, -0.2) is 65.5 Å². The van der Waals surface area contributed by atoms with Gasteiger partial charge in [0.25, 0.3) is 0 Å². The van der Waals surface area contributed by atoms with E-state index >= 15 is 0 Å². The van der Waals surface area contributed by atoms with Crippen molar-refractivity contribution in [3.05, 3.63) is 47.3 Å². The lowest BCUT2D eigenvalue weighted by molar-refractivity contribution is 0.221. The standard InChI is InChI=1S/C25H33N3O4S2.ClH/c1-4-34(29,30)26-20-17-19(2)25(23(18-20)31-3)32-15-6-10-27-11-13-28(14-12-27)22-7-5-8-24-21(22)9-16-33-24;/h5,7-9,16-18,26H,4,6,10-15H2,1-3H3;1H. The molecule has 1 aliphatic heterocycles. The van der Waals surface area contributed by atoms with Crippen molar-refractivity contribution in [1.82, 2.24) is 4.90 Å². The molecule has 0 radical (unpaired) electrons. The van der Waals surface area contributed by atoms with Gasteiger partial charge in [0.15, 0.2) is 11.5 Å². The minimum Gasteiger partial charge on any atom is -0.493 e. The van der Waals surface area contributed by atoms with E-state index in [-0.39, 0.29) is 18.2 Å². The number of aryl methyl sites for hydroxylation is 1. The van der Waals surface area contributed by atoms with Crippen LogP contribution in [0.25, 0.3) is 10.1 Å². The molecule has 3 aromatic rings. The molecule has 0 unspecified atom stereocenters. The zero-order valence-corrected chi connectivity index (χ0v) is 22.9. The summed E-state index contributed by atoms with van der Waals surface area (Å²) in [4.78, 5) is 4.98. The maximum atomic E-state index is 11.9. The van der Waals surface area contributed by atoms with Gasteiger partial charge >= 0.3 is 0 Å². The number of nitrogens with one attached hydrogen (secondary N) is 1. The van der Waals surface area contributed by atoms with E-state index in [0.29, 0.717) is 23.8 Å². The number of rotatable bonds is 10. The average Bonchev–Trinajstić information content (AvgIpc) is 3.32. The maximum Gasteiger partial charge on any atom is 0.232 e. The van der Waals surface area contributed by atoms with Crippen molar-refractivity contribution < 1.29 is 17.9 Å². The Kier molecular flexibility index (Phi) is 9.52. The van der Waals surface area contributed by atoms with Crippen LogP contribution in [0.15, 0.2) is 41.8 Å². The van der Waals surface area contributed by atoms with Crippen molar-refractivity contribution >= 4 is 55.2 Å². The SMILES string of the molecule is CCS(=O)(=O)Nc1cc(C)c(OCCCN2CCN(c3cccc4sccc34)CC2)c(OC)c1.Cl. The third-order valence-electron chi connectivity index (χ3n) is 6.16. The fraction of sp³-hybridized carbons (Fsp3) is 0.440. The number of fused-ring (bicyclic) bond motifs is 1. The van der Waals surface area contributed by atoms with Crippen LogP contribution in [0.3, 0.4) is 0 Å². The van der Waals surface area contributed by atoms with Crippen LogP contribution in [-0.2, 0) is 10.0 Å². The molecule has 1 fully saturated rings. The quantitative estimate of drug-likeness (QED) is 0.366. The topological polar surface area (TPSA) is 71.1 Å². The molecule has 4 rings (SSSR count). The Morgan fingerprint density at radius 1 is 1.11 bits per heavy atom. The Hall–Kier alpha value is -2.20. The van der Waals surface area contributed by atoms with Crippen molar-refractivity contribution in [2.75, 3.05) is 61.8 Å². The van der Waals surface area contributed by atoms with E-state index in [2.05, 4.69) is 44.2 Å². The Balaban J connectivity index is 0.00000342. The monoisotopic (exact) mass is 539 g/mol. The van der Waals surface area contributed by atoms with E-state index in [0.717, 1.165) is 44.7 Å². The number of piperazine rings is 1. The van der Waals surface area contributed by atoms with Crippen molar-refractivity contribution in [1.29, 1.82) is 0 Å². The van der Waals surface area contributed by atoms with E-state index in [1.54, 1.807) is 37.5 Å². The van der Waals surface area contributed by atoms with Gasteiger partial charge in [-0.25, -0.2) is 8.42 Å². The number of methoxy groups -OCH3 is 1. The molecule has 7 nitrogen and oxygen atoms in total. The Morgan fingerprint density at radius 2 is 1.89 bits per heavy atom. The van der Waals surface area contributed by atoms with Gasteiger partial charge in [-0.05, 0) is 55.5 Å². The molecule has 0 atom stereocenters. The van der Waals surface area contributed by atoms with Crippen LogP contribution in [0.2, 0.25) is 0 Å². The summed E-state index contributed by atoms with van der Waals surface area (Å²) in [6.45, 7) is 9.18. The van der Waals surface area contributed by atoms with E-state index < -0.39 is 10.0 Å². The van der Waals surface area contributed by atoms with Gasteiger partial charge in [0.2, 0.25) is 10.0 Å². The summed E-state index contributed by atoms with van der Waals surface area (Å²) in [6, 6.07) is 12.2. The number of anilines is 2. The molecule has 192 valence electrons. The third-order valence-corrected chi connectivity index (χ3v) is 8.35. The van der Waals surface area contributed by atoms with Gasteiger partial charge < -0.3 is 14.4 Å². The molecule has 0 amide bonds. The molecule has 1 aliphatic rings. The highest BCUT2D eigenvalue weighted by Gasteiger charge is 2.19. The summed E-state index contributed by atoms with van der Waals surface area (Å²) >= 11 is 1.80. The highest BCUT2D eigenvalue weighted by molar-refractivity contribution is 7.92. The van der Waals surface area contributed by atoms with E-state index in [9.17, 15) is 8.42 Å². The number of hydrogen-bond acceptors (Lipinski definition) is 7. The van der Waals surface area contributed by atoms with Gasteiger partial charge in [0.1, 0.15) is 0 Å². The smallest absolute Gasteiger partial charge is 0.232 e. The Labute approximate surface area is 218 Å². The Bertz CT molecular complexity index is 1220. The Morgan fingerprint density at radius 3 is 2.60 bits per heavy atom. The van der Waals surface area contributed by atoms with Gasteiger partial charge in [-0.1, -0.05) is 6.07 Å². The number of thiophene rings is 1. The summed E-state index contributed by atoms with van der Waals surface area (Å²) in [6.07, 6.45) is 0.910. The molecule has 1 aromatic heterocycles. The number of benzene rings is 2. The lowest BCUT2D eigenvalue weighted by atomic mass is 10.2. The highest BCUT2D eigenvalue weighted by Crippen LogP contribution is 2.35. The molecule has 35 heavy (non-hydrogen) atoms. The number of hydrogen-bond donors (Lipinski definition) is 1. The molecule has 0 saturated carbocycles. The molecule has 0 spiro atoms. The first-order chi connectivity index (χ1) is 16.4. The molecule has 2 aromatic carbocycles. The molecular weight excluding hydrogens is 506 g/mol. The zero-order chi connectivity index (χ0) is 24.1. The molecule has 2 heterocycles. The second-order valence-electron chi connectivity index (χ2n) is 8.47. The summed E-state index contributed by atoms with van der Waals surface area (Å²) in [5, 5.41) is 3.52. The van der Waals surface area contributed by atoms with Crippen LogP contribution in [0.4, 0.5) is 11.4 Å². The van der Waals surface area contributed by atoms with Gasteiger partial charge in [-0.2, -0.15) is 0 Å². The second-order valence-corrected chi connectivity index (χ2v) is 11.4. The molecule has 0 bridgehead atoms. The molecule has 0 aliphatic carbocycles. The zero-order valence-electron chi connectivity index (χ0n) is 20.5. The average molecular weight is 540 g/mol. The number of halogens is 1. The van der Waals surface area contributed by atoms with Crippen molar-refractivity contribution in [2.24, 2.45) is 0 Å². The minimum atomic E-state index is -3.35. The second kappa shape index (κ2) is 12.2. The van der Waals surface area contributed by atoms with Gasteiger partial charge in [0.05, 0.1) is 25.2 Å². The summed E-state index contributed by atoms with van der Waals surface area (Å²) in [5.41, 5.74) is 2.66. The largest absolute Gasteiger partial charge is 0.493 e. The van der Waals surface area contributed by atoms with E-state index in [1.807, 2.05) is 6.92 Å².